The van der Waals surface area contributed by atoms with Gasteiger partial charge >= 0.3 is 0 Å². The van der Waals surface area contributed by atoms with Crippen molar-refractivity contribution in [2.75, 3.05) is 24.6 Å². The molecule has 1 aliphatic carbocycles. The van der Waals surface area contributed by atoms with Crippen LogP contribution in [0, 0.1) is 12.3 Å². The third kappa shape index (κ3) is 3.98. The van der Waals surface area contributed by atoms with Gasteiger partial charge in [0.2, 0.25) is 0 Å². The Bertz CT molecular complexity index is 1180. The lowest BCUT2D eigenvalue weighted by Crippen LogP contribution is -2.43. The van der Waals surface area contributed by atoms with Crippen molar-refractivity contribution < 1.29 is 4.74 Å². The number of aryl methyl sites for hydroxylation is 1. The summed E-state index contributed by atoms with van der Waals surface area (Å²) in [5.74, 6) is 2.08. The minimum atomic E-state index is 0.127. The Hall–Kier alpha value is -2.95. The predicted molar refractivity (Wildman–Crippen MR) is 136 cm³/mol. The number of ether oxygens (including phenoxy) is 1. The van der Waals surface area contributed by atoms with E-state index in [1.54, 1.807) is 6.33 Å². The molecule has 0 unspecified atom stereocenters. The van der Waals surface area contributed by atoms with Gasteiger partial charge in [-0.05, 0) is 69.4 Å². The molecule has 3 aliphatic rings. The fourth-order valence-electron chi connectivity index (χ4n) is 5.44. The Balaban J connectivity index is 1.29. The van der Waals surface area contributed by atoms with E-state index in [-0.39, 0.29) is 5.41 Å². The fourth-order valence-corrected chi connectivity index (χ4v) is 5.44. The molecule has 2 aromatic rings. The average molecular weight is 443 g/mol. The maximum Gasteiger partial charge on any atom is 0.139 e. The van der Waals surface area contributed by atoms with Crippen LogP contribution in [0.2, 0.25) is 0 Å². The summed E-state index contributed by atoms with van der Waals surface area (Å²) in [6, 6.07) is 6.53. The highest BCUT2D eigenvalue weighted by Gasteiger charge is 2.38. The molecule has 1 fully saturated rings. The number of rotatable bonds is 5. The Morgan fingerprint density at radius 3 is 2.58 bits per heavy atom. The first-order chi connectivity index (χ1) is 15.9. The molecule has 0 N–H and O–H groups in total. The number of anilines is 1. The van der Waals surface area contributed by atoms with Gasteiger partial charge in [-0.1, -0.05) is 24.6 Å². The topological polar surface area (TPSA) is 50.6 Å². The smallest absolute Gasteiger partial charge is 0.139 e. The molecule has 172 valence electrons. The van der Waals surface area contributed by atoms with E-state index in [0.29, 0.717) is 6.61 Å². The maximum atomic E-state index is 5.73. The zero-order chi connectivity index (χ0) is 23.2. The summed E-state index contributed by atoms with van der Waals surface area (Å²) >= 11 is 0. The van der Waals surface area contributed by atoms with E-state index < -0.39 is 0 Å². The third-order valence-electron chi connectivity index (χ3n) is 7.55. The summed E-state index contributed by atoms with van der Waals surface area (Å²) in [5, 5.41) is 0. The number of benzene rings is 1. The van der Waals surface area contributed by atoms with Crippen molar-refractivity contribution in [1.82, 2.24) is 9.97 Å². The lowest BCUT2D eigenvalue weighted by Gasteiger charge is -2.40. The molecule has 0 bridgehead atoms. The first-order valence-corrected chi connectivity index (χ1v) is 12.2. The number of aromatic nitrogens is 2. The van der Waals surface area contributed by atoms with Crippen molar-refractivity contribution in [1.29, 1.82) is 0 Å². The first-order valence-electron chi connectivity index (χ1n) is 12.2. The number of aliphatic imine (C=N–C) groups is 1. The van der Waals surface area contributed by atoms with Crippen LogP contribution in [0.3, 0.4) is 0 Å². The Kier molecular flexibility index (Phi) is 5.59. The molecular weight excluding hydrogens is 408 g/mol. The maximum absolute atomic E-state index is 5.73. The van der Waals surface area contributed by atoms with Gasteiger partial charge in [0, 0.05) is 48.3 Å². The normalized spacial score (nSPS) is 19.5. The van der Waals surface area contributed by atoms with Crippen LogP contribution < -0.4 is 9.64 Å². The molecule has 1 aromatic carbocycles. The quantitative estimate of drug-likeness (QED) is 0.568. The molecule has 0 radical (unpaired) electrons. The number of hydrogen-bond donors (Lipinski definition) is 0. The Morgan fingerprint density at radius 2 is 1.85 bits per heavy atom. The minimum Gasteiger partial charge on any atom is -0.494 e. The van der Waals surface area contributed by atoms with E-state index in [2.05, 4.69) is 66.8 Å². The zero-order valence-electron chi connectivity index (χ0n) is 20.5. The number of fused-ring (bicyclic) bond motifs is 1. The van der Waals surface area contributed by atoms with E-state index >= 15 is 0 Å². The summed E-state index contributed by atoms with van der Waals surface area (Å²) in [5.41, 5.74) is 10.2. The van der Waals surface area contributed by atoms with Gasteiger partial charge in [0.25, 0.3) is 0 Å². The highest BCUT2D eigenvalue weighted by molar-refractivity contribution is 6.03. The van der Waals surface area contributed by atoms with Crippen molar-refractivity contribution in [2.24, 2.45) is 10.4 Å². The third-order valence-corrected chi connectivity index (χ3v) is 7.55. The molecule has 0 atom stereocenters. The van der Waals surface area contributed by atoms with Crippen molar-refractivity contribution in [2.45, 2.75) is 60.3 Å². The van der Waals surface area contributed by atoms with Crippen LogP contribution in [0.4, 0.5) is 5.82 Å². The van der Waals surface area contributed by atoms with E-state index in [1.807, 2.05) is 6.92 Å². The fraction of sp³-hybridized carbons (Fsp3) is 0.464. The monoisotopic (exact) mass is 442 g/mol. The van der Waals surface area contributed by atoms with E-state index in [1.165, 1.54) is 39.2 Å². The van der Waals surface area contributed by atoms with Gasteiger partial charge in [-0.15, -0.1) is 0 Å². The molecule has 1 aromatic heterocycles. The van der Waals surface area contributed by atoms with Gasteiger partial charge in [0.15, 0.2) is 0 Å². The number of hydrogen-bond acceptors (Lipinski definition) is 5. The molecule has 0 spiro atoms. The summed E-state index contributed by atoms with van der Waals surface area (Å²) in [6.45, 7) is 13.6. The predicted octanol–water partition coefficient (Wildman–Crippen LogP) is 6.03. The summed E-state index contributed by atoms with van der Waals surface area (Å²) in [7, 11) is 0. The molecular formula is C28H34N4O. The van der Waals surface area contributed by atoms with Gasteiger partial charge in [-0.3, -0.25) is 4.99 Å². The molecule has 2 aliphatic heterocycles. The molecule has 5 rings (SSSR count). The van der Waals surface area contributed by atoms with Crippen molar-refractivity contribution >= 4 is 23.2 Å². The first kappa shape index (κ1) is 21.9. The minimum absolute atomic E-state index is 0.127. The van der Waals surface area contributed by atoms with Crippen molar-refractivity contribution in [3.63, 3.8) is 0 Å². The second kappa shape index (κ2) is 8.44. The van der Waals surface area contributed by atoms with Gasteiger partial charge in [-0.25, -0.2) is 9.97 Å². The zero-order valence-corrected chi connectivity index (χ0v) is 20.5. The lowest BCUT2D eigenvalue weighted by atomic mass is 9.74. The second-order valence-electron chi connectivity index (χ2n) is 9.99. The van der Waals surface area contributed by atoms with Crippen molar-refractivity contribution in [3.8, 4) is 5.75 Å². The molecule has 5 nitrogen and oxygen atoms in total. The number of piperidine rings is 1. The van der Waals surface area contributed by atoms with Crippen LogP contribution in [-0.4, -0.2) is 35.4 Å². The van der Waals surface area contributed by atoms with E-state index in [4.69, 9.17) is 9.73 Å². The Morgan fingerprint density at radius 1 is 1.06 bits per heavy atom. The van der Waals surface area contributed by atoms with E-state index in [0.717, 1.165) is 56.0 Å². The van der Waals surface area contributed by atoms with Gasteiger partial charge in [-0.2, -0.15) is 0 Å². The van der Waals surface area contributed by atoms with Crippen molar-refractivity contribution in [3.05, 3.63) is 58.2 Å². The van der Waals surface area contributed by atoms with Crippen LogP contribution >= 0.6 is 0 Å². The second-order valence-corrected chi connectivity index (χ2v) is 9.99. The molecule has 0 saturated carbocycles. The van der Waals surface area contributed by atoms with Crippen LogP contribution in [0.15, 0.2) is 40.8 Å². The molecule has 5 heteroatoms. The molecule has 3 heterocycles. The van der Waals surface area contributed by atoms with Gasteiger partial charge in [0.1, 0.15) is 17.9 Å². The number of nitrogens with zero attached hydrogens (tertiary/aromatic N) is 4. The molecule has 0 amide bonds. The highest BCUT2D eigenvalue weighted by Crippen LogP contribution is 2.43. The van der Waals surface area contributed by atoms with Gasteiger partial charge in [0.05, 0.1) is 12.3 Å². The summed E-state index contributed by atoms with van der Waals surface area (Å²) < 4.78 is 5.73. The average Bonchev–Trinajstić information content (AvgIpc) is 3.38. The number of allylic oxidation sites excluding steroid dienone is 3. The van der Waals surface area contributed by atoms with Crippen LogP contribution in [0.5, 0.6) is 5.75 Å². The molecule has 33 heavy (non-hydrogen) atoms. The standard InChI is InChI=1S/C28H34N4O/c1-6-33-25-8-7-21(15-19(25)3)22-16-26(31-20(22)4)28(5)9-11-32(12-10-28)27-23-13-18(2)14-24(23)29-17-30-27/h7-8,13,15,17H,6,9-12,14,16H2,1-5H3. The highest BCUT2D eigenvalue weighted by atomic mass is 16.5. The van der Waals surface area contributed by atoms with Gasteiger partial charge < -0.3 is 9.64 Å². The van der Waals surface area contributed by atoms with E-state index in [9.17, 15) is 0 Å². The van der Waals surface area contributed by atoms with Crippen LogP contribution in [0.25, 0.3) is 11.6 Å². The lowest BCUT2D eigenvalue weighted by molar-refractivity contribution is 0.338. The Labute approximate surface area is 197 Å². The molecule has 1 saturated heterocycles. The van der Waals surface area contributed by atoms with Crippen LogP contribution in [0.1, 0.15) is 69.3 Å². The summed E-state index contributed by atoms with van der Waals surface area (Å²) in [4.78, 5) is 16.7. The van der Waals surface area contributed by atoms with Crippen LogP contribution in [-0.2, 0) is 6.42 Å². The summed E-state index contributed by atoms with van der Waals surface area (Å²) in [6.07, 6.45) is 8.07. The SMILES string of the molecule is CCOc1ccc(C2=C(C)N=C(C3(C)CCN(c4ncnc5c4C=C(C)C5)CC3)C2)cc1C. The largest absolute Gasteiger partial charge is 0.494 e.